The number of fused-ring (bicyclic) bond motifs is 1. The van der Waals surface area contributed by atoms with E-state index in [9.17, 15) is 4.79 Å². The molecule has 0 atom stereocenters. The van der Waals surface area contributed by atoms with Gasteiger partial charge in [0.25, 0.3) is 5.91 Å². The number of aryl methyl sites for hydroxylation is 1. The molecule has 130 valence electrons. The Balaban J connectivity index is 1.47. The van der Waals surface area contributed by atoms with Gasteiger partial charge in [0.15, 0.2) is 5.65 Å². The summed E-state index contributed by atoms with van der Waals surface area (Å²) in [6.07, 6.45) is 3.59. The number of amides is 1. The van der Waals surface area contributed by atoms with E-state index in [1.165, 1.54) is 0 Å². The van der Waals surface area contributed by atoms with Crippen LogP contribution in [0.25, 0.3) is 5.65 Å². The molecule has 1 aliphatic heterocycles. The number of anilines is 1. The molecule has 1 fully saturated rings. The number of rotatable bonds is 2. The maximum atomic E-state index is 12.8. The van der Waals surface area contributed by atoms with Crippen LogP contribution in [0.5, 0.6) is 0 Å². The highest BCUT2D eigenvalue weighted by molar-refractivity contribution is 5.95. The topological polar surface area (TPSA) is 58.7 Å². The van der Waals surface area contributed by atoms with Crippen LogP contribution >= 0.6 is 0 Å². The van der Waals surface area contributed by atoms with E-state index in [1.807, 2.05) is 50.2 Å². The molecule has 4 rings (SSSR count). The lowest BCUT2D eigenvalue weighted by molar-refractivity contribution is 0.0745. The largest absolute Gasteiger partial charge is 0.352 e. The predicted molar refractivity (Wildman–Crippen MR) is 96.0 cm³/mol. The SMILES string of the molecule is Cc1cc(C(=O)N2CCN(c3ccc4nccn4n3)CC2)c(C)n1C. The van der Waals surface area contributed by atoms with E-state index in [4.69, 9.17) is 0 Å². The molecule has 0 radical (unpaired) electrons. The van der Waals surface area contributed by atoms with Gasteiger partial charge in [0.05, 0.1) is 5.56 Å². The second-order valence-corrected chi connectivity index (χ2v) is 6.54. The van der Waals surface area contributed by atoms with E-state index < -0.39 is 0 Å². The van der Waals surface area contributed by atoms with Crippen molar-refractivity contribution in [1.29, 1.82) is 0 Å². The Morgan fingerprint density at radius 3 is 2.56 bits per heavy atom. The lowest BCUT2D eigenvalue weighted by Crippen LogP contribution is -2.49. The van der Waals surface area contributed by atoms with Gasteiger partial charge in [-0.15, -0.1) is 5.10 Å². The summed E-state index contributed by atoms with van der Waals surface area (Å²) in [5.41, 5.74) is 3.79. The van der Waals surface area contributed by atoms with E-state index in [-0.39, 0.29) is 5.91 Å². The van der Waals surface area contributed by atoms with E-state index in [2.05, 4.69) is 19.5 Å². The van der Waals surface area contributed by atoms with Crippen LogP contribution in [-0.4, -0.2) is 56.2 Å². The van der Waals surface area contributed by atoms with Gasteiger partial charge >= 0.3 is 0 Å². The quantitative estimate of drug-likeness (QED) is 0.713. The maximum absolute atomic E-state index is 12.8. The van der Waals surface area contributed by atoms with E-state index >= 15 is 0 Å². The fourth-order valence-electron chi connectivity index (χ4n) is 3.35. The summed E-state index contributed by atoms with van der Waals surface area (Å²) in [6, 6.07) is 5.94. The molecule has 0 spiro atoms. The van der Waals surface area contributed by atoms with Crippen LogP contribution in [0, 0.1) is 13.8 Å². The summed E-state index contributed by atoms with van der Waals surface area (Å²) in [5.74, 6) is 1.04. The monoisotopic (exact) mass is 338 g/mol. The fraction of sp³-hybridized carbons (Fsp3) is 0.389. The second kappa shape index (κ2) is 5.91. The number of imidazole rings is 1. The minimum atomic E-state index is 0.124. The summed E-state index contributed by atoms with van der Waals surface area (Å²) in [6.45, 7) is 7.00. The molecule has 25 heavy (non-hydrogen) atoms. The number of nitrogens with zero attached hydrogens (tertiary/aromatic N) is 6. The van der Waals surface area contributed by atoms with Crippen molar-refractivity contribution in [2.24, 2.45) is 7.05 Å². The molecular formula is C18H22N6O. The molecule has 0 aromatic carbocycles. The van der Waals surface area contributed by atoms with Crippen LogP contribution in [0.2, 0.25) is 0 Å². The van der Waals surface area contributed by atoms with Crippen molar-refractivity contribution >= 4 is 17.4 Å². The second-order valence-electron chi connectivity index (χ2n) is 6.54. The molecule has 3 aromatic heterocycles. The molecule has 1 amide bonds. The van der Waals surface area contributed by atoms with Crippen molar-refractivity contribution in [3.63, 3.8) is 0 Å². The molecule has 0 N–H and O–H groups in total. The lowest BCUT2D eigenvalue weighted by atomic mass is 10.2. The summed E-state index contributed by atoms with van der Waals surface area (Å²) < 4.78 is 3.84. The third kappa shape index (κ3) is 2.65. The van der Waals surface area contributed by atoms with Crippen molar-refractivity contribution in [1.82, 2.24) is 24.1 Å². The molecule has 7 nitrogen and oxygen atoms in total. The number of aromatic nitrogens is 4. The van der Waals surface area contributed by atoms with Crippen molar-refractivity contribution in [2.45, 2.75) is 13.8 Å². The Kier molecular flexibility index (Phi) is 3.71. The summed E-state index contributed by atoms with van der Waals surface area (Å²) in [4.78, 5) is 21.2. The van der Waals surface area contributed by atoms with Crippen LogP contribution in [0.4, 0.5) is 5.82 Å². The molecule has 0 aliphatic carbocycles. The fourth-order valence-corrected chi connectivity index (χ4v) is 3.35. The Hall–Kier alpha value is -2.83. The zero-order chi connectivity index (χ0) is 17.6. The number of hydrogen-bond donors (Lipinski definition) is 0. The molecule has 1 saturated heterocycles. The van der Waals surface area contributed by atoms with Crippen molar-refractivity contribution in [2.75, 3.05) is 31.1 Å². The van der Waals surface area contributed by atoms with Gasteiger partial charge in [0, 0.05) is 57.0 Å². The highest BCUT2D eigenvalue weighted by Crippen LogP contribution is 2.19. The molecule has 1 aliphatic rings. The average molecular weight is 338 g/mol. The van der Waals surface area contributed by atoms with E-state index in [0.717, 1.165) is 41.5 Å². The van der Waals surface area contributed by atoms with Crippen molar-refractivity contribution in [3.8, 4) is 0 Å². The first kappa shape index (κ1) is 15.7. The molecule has 4 heterocycles. The van der Waals surface area contributed by atoms with Gasteiger partial charge in [-0.05, 0) is 32.0 Å². The Morgan fingerprint density at radius 1 is 1.12 bits per heavy atom. The number of hydrogen-bond acceptors (Lipinski definition) is 4. The van der Waals surface area contributed by atoms with Gasteiger partial charge in [-0.3, -0.25) is 4.79 Å². The lowest BCUT2D eigenvalue weighted by Gasteiger charge is -2.35. The van der Waals surface area contributed by atoms with Gasteiger partial charge in [0.2, 0.25) is 0 Å². The van der Waals surface area contributed by atoms with Gasteiger partial charge < -0.3 is 14.4 Å². The molecule has 0 bridgehead atoms. The predicted octanol–water partition coefficient (Wildman–Crippen LogP) is 1.65. The highest BCUT2D eigenvalue weighted by Gasteiger charge is 2.25. The summed E-state index contributed by atoms with van der Waals surface area (Å²) in [5, 5.41) is 4.59. The first-order chi connectivity index (χ1) is 12.0. The zero-order valence-electron chi connectivity index (χ0n) is 14.8. The number of piperazine rings is 1. The zero-order valence-corrected chi connectivity index (χ0v) is 14.8. The molecule has 0 saturated carbocycles. The van der Waals surface area contributed by atoms with Gasteiger partial charge in [-0.2, -0.15) is 0 Å². The van der Waals surface area contributed by atoms with Crippen LogP contribution in [-0.2, 0) is 7.05 Å². The summed E-state index contributed by atoms with van der Waals surface area (Å²) >= 11 is 0. The van der Waals surface area contributed by atoms with Crippen molar-refractivity contribution < 1.29 is 4.79 Å². The standard InChI is InChI=1S/C18H22N6O/c1-13-12-15(14(2)21(13)3)18(25)23-10-8-22(9-11-23)17-5-4-16-19-6-7-24(16)20-17/h4-7,12H,8-11H2,1-3H3. The third-order valence-electron chi connectivity index (χ3n) is 5.14. The molecule has 7 heteroatoms. The Morgan fingerprint density at radius 2 is 1.88 bits per heavy atom. The minimum Gasteiger partial charge on any atom is -0.352 e. The van der Waals surface area contributed by atoms with Crippen LogP contribution in [0.3, 0.4) is 0 Å². The van der Waals surface area contributed by atoms with Crippen molar-refractivity contribution in [3.05, 3.63) is 47.5 Å². The smallest absolute Gasteiger partial charge is 0.255 e. The maximum Gasteiger partial charge on any atom is 0.255 e. The average Bonchev–Trinajstić information content (AvgIpc) is 3.21. The van der Waals surface area contributed by atoms with E-state index in [0.29, 0.717) is 13.1 Å². The van der Waals surface area contributed by atoms with Gasteiger partial charge in [-0.1, -0.05) is 0 Å². The van der Waals surface area contributed by atoms with E-state index in [1.54, 1.807) is 10.7 Å². The van der Waals surface area contributed by atoms with Crippen LogP contribution in [0.1, 0.15) is 21.7 Å². The number of carbonyl (C=O) groups is 1. The minimum absolute atomic E-state index is 0.124. The highest BCUT2D eigenvalue weighted by atomic mass is 16.2. The van der Waals surface area contributed by atoms with Gasteiger partial charge in [0.1, 0.15) is 5.82 Å². The van der Waals surface area contributed by atoms with Crippen LogP contribution in [0.15, 0.2) is 30.6 Å². The first-order valence-electron chi connectivity index (χ1n) is 8.52. The third-order valence-corrected chi connectivity index (χ3v) is 5.14. The van der Waals surface area contributed by atoms with Crippen LogP contribution < -0.4 is 4.90 Å². The molecular weight excluding hydrogens is 316 g/mol. The Bertz CT molecular complexity index is 932. The number of carbonyl (C=O) groups excluding carboxylic acids is 1. The Labute approximate surface area is 146 Å². The summed E-state index contributed by atoms with van der Waals surface area (Å²) in [7, 11) is 2.00. The normalized spacial score (nSPS) is 15.2. The van der Waals surface area contributed by atoms with Gasteiger partial charge in [-0.25, -0.2) is 9.50 Å². The molecule has 0 unspecified atom stereocenters. The molecule has 3 aromatic rings. The first-order valence-corrected chi connectivity index (χ1v) is 8.52.